The molecular formula is C14H23NO2S. The SMILES string of the molecule is CC(C)(C)C(CS)CN1C(=O)C2CCCC2C1=O. The molecule has 3 atom stereocenters. The lowest BCUT2D eigenvalue weighted by molar-refractivity contribution is -0.141. The predicted octanol–water partition coefficient (Wildman–Crippen LogP) is 2.36. The van der Waals surface area contributed by atoms with E-state index in [9.17, 15) is 9.59 Å². The molecule has 0 N–H and O–H groups in total. The number of fused-ring (bicyclic) bond motifs is 1. The lowest BCUT2D eigenvalue weighted by atomic mass is 9.81. The second-order valence-corrected chi connectivity index (χ2v) is 7.04. The van der Waals surface area contributed by atoms with Crippen molar-refractivity contribution in [3.63, 3.8) is 0 Å². The van der Waals surface area contributed by atoms with Crippen molar-refractivity contribution in [1.82, 2.24) is 4.90 Å². The Balaban J connectivity index is 2.10. The van der Waals surface area contributed by atoms with Crippen molar-refractivity contribution < 1.29 is 9.59 Å². The predicted molar refractivity (Wildman–Crippen MR) is 74.3 cm³/mol. The molecule has 4 heteroatoms. The van der Waals surface area contributed by atoms with Gasteiger partial charge in [0.1, 0.15) is 0 Å². The highest BCUT2D eigenvalue weighted by Crippen LogP contribution is 2.41. The van der Waals surface area contributed by atoms with Gasteiger partial charge in [0.2, 0.25) is 11.8 Å². The average molecular weight is 269 g/mol. The summed E-state index contributed by atoms with van der Waals surface area (Å²) in [6, 6.07) is 0. The molecule has 1 aliphatic heterocycles. The molecule has 1 saturated carbocycles. The first-order valence-electron chi connectivity index (χ1n) is 6.82. The van der Waals surface area contributed by atoms with E-state index in [4.69, 9.17) is 0 Å². The first-order chi connectivity index (χ1) is 8.36. The van der Waals surface area contributed by atoms with Gasteiger partial charge in [0.05, 0.1) is 11.8 Å². The van der Waals surface area contributed by atoms with E-state index in [1.807, 2.05) is 0 Å². The van der Waals surface area contributed by atoms with Crippen molar-refractivity contribution in [3.05, 3.63) is 0 Å². The number of imide groups is 1. The zero-order valence-corrected chi connectivity index (χ0v) is 12.4. The van der Waals surface area contributed by atoms with Crippen LogP contribution in [0.25, 0.3) is 0 Å². The van der Waals surface area contributed by atoms with E-state index in [2.05, 4.69) is 33.4 Å². The van der Waals surface area contributed by atoms with E-state index >= 15 is 0 Å². The summed E-state index contributed by atoms with van der Waals surface area (Å²) < 4.78 is 0. The number of rotatable bonds is 3. The van der Waals surface area contributed by atoms with Crippen LogP contribution in [0.5, 0.6) is 0 Å². The van der Waals surface area contributed by atoms with E-state index in [0.29, 0.717) is 12.3 Å². The first-order valence-corrected chi connectivity index (χ1v) is 7.45. The molecule has 3 nitrogen and oxygen atoms in total. The van der Waals surface area contributed by atoms with Gasteiger partial charge in [-0.1, -0.05) is 27.2 Å². The van der Waals surface area contributed by atoms with E-state index in [-0.39, 0.29) is 35.0 Å². The summed E-state index contributed by atoms with van der Waals surface area (Å²) in [5.74, 6) is 1.07. The molecule has 1 saturated heterocycles. The fraction of sp³-hybridized carbons (Fsp3) is 0.857. The molecular weight excluding hydrogens is 246 g/mol. The summed E-state index contributed by atoms with van der Waals surface area (Å²) in [5.41, 5.74) is 0.0695. The summed E-state index contributed by atoms with van der Waals surface area (Å²) in [4.78, 5) is 26.0. The monoisotopic (exact) mass is 269 g/mol. The molecule has 1 heterocycles. The Labute approximate surface area is 115 Å². The molecule has 1 aliphatic carbocycles. The maximum absolute atomic E-state index is 12.3. The van der Waals surface area contributed by atoms with Gasteiger partial charge >= 0.3 is 0 Å². The third kappa shape index (κ3) is 2.31. The van der Waals surface area contributed by atoms with E-state index < -0.39 is 0 Å². The van der Waals surface area contributed by atoms with Crippen molar-refractivity contribution in [2.24, 2.45) is 23.2 Å². The largest absolute Gasteiger partial charge is 0.282 e. The van der Waals surface area contributed by atoms with Gasteiger partial charge < -0.3 is 0 Å². The van der Waals surface area contributed by atoms with Gasteiger partial charge in [-0.25, -0.2) is 0 Å². The molecule has 3 unspecified atom stereocenters. The number of carbonyl (C=O) groups excluding carboxylic acids is 2. The number of thiol groups is 1. The van der Waals surface area contributed by atoms with Crippen LogP contribution in [0, 0.1) is 23.2 Å². The smallest absolute Gasteiger partial charge is 0.233 e. The van der Waals surface area contributed by atoms with Crippen molar-refractivity contribution in [1.29, 1.82) is 0 Å². The van der Waals surface area contributed by atoms with Crippen molar-refractivity contribution in [2.45, 2.75) is 40.0 Å². The minimum Gasteiger partial charge on any atom is -0.282 e. The fourth-order valence-corrected chi connectivity index (χ4v) is 3.73. The Kier molecular flexibility index (Phi) is 3.77. The third-order valence-electron chi connectivity index (χ3n) is 4.53. The van der Waals surface area contributed by atoms with Crippen molar-refractivity contribution in [3.8, 4) is 0 Å². The highest BCUT2D eigenvalue weighted by molar-refractivity contribution is 7.80. The normalized spacial score (nSPS) is 29.9. The van der Waals surface area contributed by atoms with Crippen LogP contribution in [0.15, 0.2) is 0 Å². The fourth-order valence-electron chi connectivity index (χ4n) is 3.07. The zero-order chi connectivity index (χ0) is 13.5. The number of hydrogen-bond donors (Lipinski definition) is 1. The van der Waals surface area contributed by atoms with Gasteiger partial charge in [0.15, 0.2) is 0 Å². The summed E-state index contributed by atoms with van der Waals surface area (Å²) in [6.07, 6.45) is 2.81. The molecule has 0 aromatic rings. The Morgan fingerprint density at radius 1 is 1.22 bits per heavy atom. The van der Waals surface area contributed by atoms with Crippen LogP contribution < -0.4 is 0 Å². The van der Waals surface area contributed by atoms with Gasteiger partial charge in [-0.2, -0.15) is 12.6 Å². The topological polar surface area (TPSA) is 37.4 Å². The molecule has 18 heavy (non-hydrogen) atoms. The number of nitrogens with zero attached hydrogens (tertiary/aromatic N) is 1. The van der Waals surface area contributed by atoms with Crippen LogP contribution in [-0.4, -0.2) is 29.0 Å². The van der Waals surface area contributed by atoms with Gasteiger partial charge in [-0.15, -0.1) is 0 Å². The maximum atomic E-state index is 12.3. The maximum Gasteiger partial charge on any atom is 0.233 e. The quantitative estimate of drug-likeness (QED) is 0.631. The van der Waals surface area contributed by atoms with Gasteiger partial charge in [0.25, 0.3) is 0 Å². The summed E-state index contributed by atoms with van der Waals surface area (Å²) in [7, 11) is 0. The van der Waals surface area contributed by atoms with Crippen LogP contribution >= 0.6 is 12.6 Å². The number of likely N-dealkylation sites (tertiary alicyclic amines) is 1. The Morgan fingerprint density at radius 2 is 1.72 bits per heavy atom. The molecule has 0 aromatic carbocycles. The van der Waals surface area contributed by atoms with Crippen molar-refractivity contribution >= 4 is 24.4 Å². The Hall–Kier alpha value is -0.510. The van der Waals surface area contributed by atoms with E-state index in [0.717, 1.165) is 19.3 Å². The standard InChI is InChI=1S/C14H23NO2S/c1-14(2,3)9(8-18)7-15-12(16)10-5-4-6-11(10)13(15)17/h9-11,18H,4-8H2,1-3H3. The summed E-state index contributed by atoms with van der Waals surface area (Å²) in [5, 5.41) is 0. The highest BCUT2D eigenvalue weighted by atomic mass is 32.1. The second kappa shape index (κ2) is 4.87. The second-order valence-electron chi connectivity index (χ2n) is 6.68. The van der Waals surface area contributed by atoms with E-state index in [1.165, 1.54) is 4.90 Å². The molecule has 2 fully saturated rings. The first kappa shape index (κ1) is 13.9. The van der Waals surface area contributed by atoms with Crippen LogP contribution in [0.3, 0.4) is 0 Å². The third-order valence-corrected chi connectivity index (χ3v) is 4.97. The van der Waals surface area contributed by atoms with Crippen LogP contribution in [0.1, 0.15) is 40.0 Å². The Bertz CT molecular complexity index is 339. The van der Waals surface area contributed by atoms with Crippen LogP contribution in [0.2, 0.25) is 0 Å². The summed E-state index contributed by atoms with van der Waals surface area (Å²) >= 11 is 4.37. The number of hydrogen-bond acceptors (Lipinski definition) is 3. The average Bonchev–Trinajstić information content (AvgIpc) is 2.82. The molecule has 0 bridgehead atoms. The minimum absolute atomic E-state index is 0.0157. The lowest BCUT2D eigenvalue weighted by Gasteiger charge is -2.32. The summed E-state index contributed by atoms with van der Waals surface area (Å²) in [6.45, 7) is 6.96. The minimum atomic E-state index is -0.0157. The number of carbonyl (C=O) groups is 2. The molecule has 0 radical (unpaired) electrons. The molecule has 2 amide bonds. The molecule has 2 rings (SSSR count). The lowest BCUT2D eigenvalue weighted by Crippen LogP contribution is -2.40. The molecule has 0 spiro atoms. The molecule has 102 valence electrons. The van der Waals surface area contributed by atoms with Gasteiger partial charge in [0, 0.05) is 6.54 Å². The highest BCUT2D eigenvalue weighted by Gasteiger charge is 2.50. The molecule has 2 aliphatic rings. The van der Waals surface area contributed by atoms with Crippen molar-refractivity contribution in [2.75, 3.05) is 12.3 Å². The van der Waals surface area contributed by atoms with Gasteiger partial charge in [-0.3, -0.25) is 14.5 Å². The number of amides is 2. The van der Waals surface area contributed by atoms with Crippen LogP contribution in [-0.2, 0) is 9.59 Å². The molecule has 0 aromatic heterocycles. The van der Waals surface area contributed by atoms with Gasteiger partial charge in [-0.05, 0) is 29.9 Å². The zero-order valence-electron chi connectivity index (χ0n) is 11.5. The Morgan fingerprint density at radius 3 is 2.11 bits per heavy atom. The van der Waals surface area contributed by atoms with Crippen LogP contribution in [0.4, 0.5) is 0 Å². The van der Waals surface area contributed by atoms with E-state index in [1.54, 1.807) is 0 Å².